The minimum absolute atomic E-state index is 0.0327. The highest BCUT2D eigenvalue weighted by Gasteiger charge is 2.40. The third-order valence-corrected chi connectivity index (χ3v) is 4.99. The van der Waals surface area contributed by atoms with Crippen LogP contribution < -0.4 is 5.56 Å². The molecule has 3 rings (SSSR count). The fourth-order valence-electron chi connectivity index (χ4n) is 3.55. The number of hydrogen-bond acceptors (Lipinski definition) is 5. The molecule has 24 heavy (non-hydrogen) atoms. The number of nitrogens with one attached hydrogen (secondary N) is 1. The Labute approximate surface area is 140 Å². The molecule has 1 amide bonds. The fourth-order valence-corrected chi connectivity index (χ4v) is 3.55. The normalized spacial score (nSPS) is 20.8. The van der Waals surface area contributed by atoms with Crippen molar-refractivity contribution in [1.29, 1.82) is 5.26 Å². The second-order valence-corrected chi connectivity index (χ2v) is 6.72. The standard InChI is InChI=1S/C17H22N4O3/c1-12-14(9-13(10-18)15(22)19-12)16(23)21-5-3-17(4-6-21)11-20(2)7-8-24-17/h9H,3-8,11H2,1-2H3,(H,19,22). The maximum atomic E-state index is 12.8. The molecule has 2 saturated heterocycles. The third kappa shape index (κ3) is 3.07. The molecular formula is C17H22N4O3. The zero-order valence-electron chi connectivity index (χ0n) is 14.1. The molecular weight excluding hydrogens is 308 g/mol. The van der Waals surface area contributed by atoms with Crippen molar-refractivity contribution in [2.24, 2.45) is 0 Å². The molecule has 2 aliphatic heterocycles. The Bertz CT molecular complexity index is 741. The van der Waals surface area contributed by atoms with Crippen LogP contribution in [0.5, 0.6) is 0 Å². The lowest BCUT2D eigenvalue weighted by Gasteiger charge is -2.46. The predicted molar refractivity (Wildman–Crippen MR) is 87.8 cm³/mol. The van der Waals surface area contributed by atoms with Gasteiger partial charge < -0.3 is 19.5 Å². The minimum atomic E-state index is -0.456. The molecule has 7 nitrogen and oxygen atoms in total. The number of carbonyl (C=O) groups is 1. The van der Waals surface area contributed by atoms with Crippen molar-refractivity contribution in [3.63, 3.8) is 0 Å². The molecule has 0 saturated carbocycles. The van der Waals surface area contributed by atoms with Gasteiger partial charge in [-0.05, 0) is 32.9 Å². The molecule has 1 aromatic rings. The molecule has 7 heteroatoms. The molecule has 0 atom stereocenters. The quantitative estimate of drug-likeness (QED) is 0.809. The molecule has 0 aromatic carbocycles. The number of hydrogen-bond donors (Lipinski definition) is 1. The van der Waals surface area contributed by atoms with E-state index in [4.69, 9.17) is 10.00 Å². The highest BCUT2D eigenvalue weighted by atomic mass is 16.5. The van der Waals surface area contributed by atoms with Crippen molar-refractivity contribution in [3.8, 4) is 6.07 Å². The van der Waals surface area contributed by atoms with Gasteiger partial charge in [-0.3, -0.25) is 9.59 Å². The van der Waals surface area contributed by atoms with E-state index in [9.17, 15) is 9.59 Å². The lowest BCUT2D eigenvalue weighted by molar-refractivity contribution is -0.127. The maximum absolute atomic E-state index is 12.8. The molecule has 2 aliphatic rings. The molecule has 128 valence electrons. The van der Waals surface area contributed by atoms with Gasteiger partial charge in [-0.2, -0.15) is 5.26 Å². The van der Waals surface area contributed by atoms with Gasteiger partial charge in [0.15, 0.2) is 0 Å². The first-order valence-corrected chi connectivity index (χ1v) is 8.20. The number of rotatable bonds is 1. The van der Waals surface area contributed by atoms with Crippen LogP contribution in [-0.4, -0.2) is 66.1 Å². The van der Waals surface area contributed by atoms with E-state index in [-0.39, 0.29) is 17.1 Å². The zero-order chi connectivity index (χ0) is 17.3. The summed E-state index contributed by atoms with van der Waals surface area (Å²) in [6.45, 7) is 5.49. The van der Waals surface area contributed by atoms with Gasteiger partial charge in [0.2, 0.25) is 0 Å². The van der Waals surface area contributed by atoms with E-state index in [2.05, 4.69) is 16.9 Å². The number of H-pyrrole nitrogens is 1. The summed E-state index contributed by atoms with van der Waals surface area (Å²) in [7, 11) is 2.09. The maximum Gasteiger partial charge on any atom is 0.266 e. The summed E-state index contributed by atoms with van der Waals surface area (Å²) in [6.07, 6.45) is 1.60. The van der Waals surface area contributed by atoms with Gasteiger partial charge >= 0.3 is 0 Å². The first-order valence-electron chi connectivity index (χ1n) is 8.20. The van der Waals surface area contributed by atoms with Crippen molar-refractivity contribution in [1.82, 2.24) is 14.8 Å². The summed E-state index contributed by atoms with van der Waals surface area (Å²) in [5.41, 5.74) is 0.251. The highest BCUT2D eigenvalue weighted by molar-refractivity contribution is 5.95. The number of nitrogens with zero attached hydrogens (tertiary/aromatic N) is 3. The van der Waals surface area contributed by atoms with Gasteiger partial charge in [-0.25, -0.2) is 0 Å². The first-order chi connectivity index (χ1) is 11.4. The predicted octanol–water partition coefficient (Wildman–Crippen LogP) is 0.492. The van der Waals surface area contributed by atoms with Gasteiger partial charge in [0.25, 0.3) is 11.5 Å². The Balaban J connectivity index is 1.74. The molecule has 2 fully saturated rings. The number of pyridine rings is 1. The summed E-state index contributed by atoms with van der Waals surface area (Å²) in [4.78, 5) is 31.0. The van der Waals surface area contributed by atoms with Crippen molar-refractivity contribution in [3.05, 3.63) is 33.2 Å². The number of piperidine rings is 1. The number of nitriles is 1. The van der Waals surface area contributed by atoms with Crippen LogP contribution in [0.1, 0.15) is 34.5 Å². The average molecular weight is 330 g/mol. The van der Waals surface area contributed by atoms with E-state index in [0.717, 1.165) is 32.5 Å². The van der Waals surface area contributed by atoms with E-state index in [1.165, 1.54) is 6.07 Å². The average Bonchev–Trinajstić information content (AvgIpc) is 2.55. The lowest BCUT2D eigenvalue weighted by atomic mass is 9.89. The van der Waals surface area contributed by atoms with Gasteiger partial charge in [0.05, 0.1) is 17.8 Å². The molecule has 0 aliphatic carbocycles. The van der Waals surface area contributed by atoms with Gasteiger partial charge in [-0.15, -0.1) is 0 Å². The van der Waals surface area contributed by atoms with E-state index in [1.807, 2.05) is 6.07 Å². The summed E-state index contributed by atoms with van der Waals surface area (Å²) in [5, 5.41) is 9.00. The van der Waals surface area contributed by atoms with Crippen molar-refractivity contribution >= 4 is 5.91 Å². The van der Waals surface area contributed by atoms with E-state index >= 15 is 0 Å². The van der Waals surface area contributed by atoms with Crippen LogP contribution in [0.4, 0.5) is 0 Å². The summed E-state index contributed by atoms with van der Waals surface area (Å²) < 4.78 is 6.02. The second kappa shape index (κ2) is 6.38. The van der Waals surface area contributed by atoms with Crippen LogP contribution in [0.25, 0.3) is 0 Å². The minimum Gasteiger partial charge on any atom is -0.372 e. The molecule has 3 heterocycles. The lowest BCUT2D eigenvalue weighted by Crippen LogP contribution is -2.56. The molecule has 0 unspecified atom stereocenters. The number of aromatic amines is 1. The van der Waals surface area contributed by atoms with Crippen LogP contribution in [-0.2, 0) is 4.74 Å². The van der Waals surface area contributed by atoms with Gasteiger partial charge in [-0.1, -0.05) is 0 Å². The molecule has 0 radical (unpaired) electrons. The Morgan fingerprint density at radius 2 is 2.08 bits per heavy atom. The Morgan fingerprint density at radius 1 is 1.38 bits per heavy atom. The number of morpholine rings is 1. The molecule has 1 N–H and O–H groups in total. The SMILES string of the molecule is Cc1[nH]c(=O)c(C#N)cc1C(=O)N1CCC2(CC1)CN(C)CCO2. The van der Waals surface area contributed by atoms with Crippen LogP contribution in [0.3, 0.4) is 0 Å². The van der Waals surface area contributed by atoms with Gasteiger partial charge in [0.1, 0.15) is 11.6 Å². The zero-order valence-corrected chi connectivity index (χ0v) is 14.1. The number of likely N-dealkylation sites (N-methyl/N-ethyl adjacent to an activating group) is 1. The van der Waals surface area contributed by atoms with Crippen LogP contribution in [0.2, 0.25) is 0 Å². The van der Waals surface area contributed by atoms with Crippen molar-refractivity contribution < 1.29 is 9.53 Å². The number of amides is 1. The monoisotopic (exact) mass is 330 g/mol. The highest BCUT2D eigenvalue weighted by Crippen LogP contribution is 2.30. The van der Waals surface area contributed by atoms with Crippen LogP contribution >= 0.6 is 0 Å². The molecule has 0 bridgehead atoms. The smallest absolute Gasteiger partial charge is 0.266 e. The molecule has 1 spiro atoms. The number of carbonyl (C=O) groups excluding carboxylic acids is 1. The molecule has 1 aromatic heterocycles. The Hall–Kier alpha value is -2.17. The Morgan fingerprint density at radius 3 is 2.71 bits per heavy atom. The van der Waals surface area contributed by atoms with Crippen LogP contribution in [0.15, 0.2) is 10.9 Å². The number of aromatic nitrogens is 1. The van der Waals surface area contributed by atoms with E-state index in [1.54, 1.807) is 11.8 Å². The third-order valence-electron chi connectivity index (χ3n) is 4.99. The number of aryl methyl sites for hydroxylation is 1. The summed E-state index contributed by atoms with van der Waals surface area (Å²) in [5.74, 6) is -0.140. The summed E-state index contributed by atoms with van der Waals surface area (Å²) in [6, 6.07) is 3.23. The Kier molecular flexibility index (Phi) is 4.43. The largest absolute Gasteiger partial charge is 0.372 e. The van der Waals surface area contributed by atoms with Gasteiger partial charge in [0, 0.05) is 31.9 Å². The van der Waals surface area contributed by atoms with E-state index in [0.29, 0.717) is 24.3 Å². The van der Waals surface area contributed by atoms with Crippen molar-refractivity contribution in [2.45, 2.75) is 25.4 Å². The fraction of sp³-hybridized carbons (Fsp3) is 0.588. The van der Waals surface area contributed by atoms with Crippen LogP contribution in [0, 0.1) is 18.3 Å². The van der Waals surface area contributed by atoms with E-state index < -0.39 is 5.56 Å². The second-order valence-electron chi connectivity index (χ2n) is 6.72. The number of likely N-dealkylation sites (tertiary alicyclic amines) is 1. The topological polar surface area (TPSA) is 89.4 Å². The van der Waals surface area contributed by atoms with Crippen molar-refractivity contribution in [2.75, 3.05) is 39.8 Å². The first kappa shape index (κ1) is 16.7. The number of ether oxygens (including phenoxy) is 1. The summed E-state index contributed by atoms with van der Waals surface area (Å²) >= 11 is 0.